The molecule has 3 aromatic carbocycles. The summed E-state index contributed by atoms with van der Waals surface area (Å²) in [5.41, 5.74) is 13.0. The van der Waals surface area contributed by atoms with Crippen molar-refractivity contribution in [1.82, 2.24) is 0 Å². The predicted molar refractivity (Wildman–Crippen MR) is 128 cm³/mol. The van der Waals surface area contributed by atoms with E-state index in [1.165, 1.54) is 50.1 Å². The second-order valence-electron chi connectivity index (χ2n) is 8.87. The van der Waals surface area contributed by atoms with Crippen molar-refractivity contribution < 1.29 is 0 Å². The monoisotopic (exact) mass is 478 g/mol. The number of hydrogen-bond acceptors (Lipinski definition) is 0. The molecular formula is C27H34Sn. The zero-order valence-electron chi connectivity index (χ0n) is 19.0. The van der Waals surface area contributed by atoms with Crippen molar-refractivity contribution in [2.45, 2.75) is 62.3 Å². The molecule has 0 saturated heterocycles. The zero-order chi connectivity index (χ0) is 20.7. The van der Waals surface area contributed by atoms with Crippen molar-refractivity contribution in [1.29, 1.82) is 0 Å². The Labute approximate surface area is 178 Å². The van der Waals surface area contributed by atoms with Gasteiger partial charge in [-0.1, -0.05) is 0 Å². The molecule has 0 fully saturated rings. The Morgan fingerprint density at radius 2 is 0.536 bits per heavy atom. The van der Waals surface area contributed by atoms with E-state index < -0.39 is 19.8 Å². The summed E-state index contributed by atoms with van der Waals surface area (Å²) in [6.45, 7) is 20.6. The number of hydrogen-bond donors (Lipinski definition) is 0. The zero-order valence-corrected chi connectivity index (χ0v) is 22.3. The fraction of sp³-hybridized carbons (Fsp3) is 0.333. The molecule has 0 aliphatic rings. The fourth-order valence-corrected chi connectivity index (χ4v) is 17.1. The van der Waals surface area contributed by atoms with Crippen LogP contribution in [0.3, 0.4) is 0 Å². The molecule has 0 heterocycles. The first-order chi connectivity index (χ1) is 13.1. The third kappa shape index (κ3) is 3.94. The van der Waals surface area contributed by atoms with Crippen LogP contribution in [0.25, 0.3) is 0 Å². The molecular weight excluding hydrogens is 443 g/mol. The molecule has 0 atom stereocenters. The molecule has 0 aliphatic carbocycles. The molecule has 3 aromatic rings. The van der Waals surface area contributed by atoms with E-state index in [1.54, 1.807) is 10.7 Å². The molecule has 0 bridgehead atoms. The van der Waals surface area contributed by atoms with Crippen LogP contribution in [0.5, 0.6) is 0 Å². The third-order valence-electron chi connectivity index (χ3n) is 6.08. The fourth-order valence-electron chi connectivity index (χ4n) is 5.37. The average Bonchev–Trinajstić information content (AvgIpc) is 2.51. The van der Waals surface area contributed by atoms with Gasteiger partial charge in [-0.15, -0.1) is 0 Å². The number of rotatable bonds is 3. The molecule has 0 unspecified atom stereocenters. The summed E-state index contributed by atoms with van der Waals surface area (Å²) in [7, 11) is 0. The summed E-state index contributed by atoms with van der Waals surface area (Å²) < 4.78 is 5.03. The second kappa shape index (κ2) is 8.06. The van der Waals surface area contributed by atoms with Gasteiger partial charge in [0, 0.05) is 0 Å². The summed E-state index contributed by atoms with van der Waals surface area (Å²) in [5, 5.41) is 0. The molecule has 0 aromatic heterocycles. The van der Waals surface area contributed by atoms with Gasteiger partial charge in [-0.3, -0.25) is 0 Å². The Kier molecular flexibility index (Phi) is 6.10. The van der Waals surface area contributed by atoms with E-state index >= 15 is 0 Å². The van der Waals surface area contributed by atoms with E-state index in [1.807, 2.05) is 0 Å². The molecule has 0 radical (unpaired) electrons. The maximum atomic E-state index is 2.39. The van der Waals surface area contributed by atoms with Crippen molar-refractivity contribution in [2.75, 3.05) is 0 Å². The molecule has 0 aliphatic heterocycles. The third-order valence-corrected chi connectivity index (χ3v) is 18.8. The molecule has 0 spiro atoms. The van der Waals surface area contributed by atoms with Gasteiger partial charge >= 0.3 is 179 Å². The molecule has 0 N–H and O–H groups in total. The van der Waals surface area contributed by atoms with Crippen LogP contribution in [0.1, 0.15) is 50.1 Å². The van der Waals surface area contributed by atoms with Crippen molar-refractivity contribution in [3.05, 3.63) is 86.5 Å². The van der Waals surface area contributed by atoms with Crippen LogP contribution < -0.4 is 10.7 Å². The Hall–Kier alpha value is -1.54. The SMILES string of the molecule is Cc1cc(C)[c]([SnH]([c]2c(C)cc(C)cc2C)[c]2c(C)cc(C)cc2C)c(C)c1. The summed E-state index contributed by atoms with van der Waals surface area (Å²) in [6, 6.07) is 14.4. The predicted octanol–water partition coefficient (Wildman–Crippen LogP) is 4.71. The van der Waals surface area contributed by atoms with E-state index in [9.17, 15) is 0 Å². The first-order valence-corrected chi connectivity index (χ1v) is 15.3. The van der Waals surface area contributed by atoms with Crippen LogP contribution in [0, 0.1) is 62.3 Å². The van der Waals surface area contributed by atoms with Gasteiger partial charge in [0.15, 0.2) is 0 Å². The molecule has 0 saturated carbocycles. The summed E-state index contributed by atoms with van der Waals surface area (Å²) in [6.07, 6.45) is 0. The standard InChI is InChI=1S/3C9H11.Sn.H/c3*1-7-4-8(2)6-9(3)5-7;;/h3*4-5H,1-3H3;;. The van der Waals surface area contributed by atoms with Crippen molar-refractivity contribution >= 4 is 30.5 Å². The van der Waals surface area contributed by atoms with Gasteiger partial charge in [-0.25, -0.2) is 0 Å². The van der Waals surface area contributed by atoms with Crippen molar-refractivity contribution in [3.8, 4) is 0 Å². The normalized spacial score (nSPS) is 11.4. The van der Waals surface area contributed by atoms with E-state index in [0.717, 1.165) is 0 Å². The topological polar surface area (TPSA) is 0 Å². The Morgan fingerprint density at radius 1 is 0.357 bits per heavy atom. The van der Waals surface area contributed by atoms with Gasteiger partial charge < -0.3 is 0 Å². The summed E-state index contributed by atoms with van der Waals surface area (Å²) in [5.74, 6) is 0. The minimum atomic E-state index is -2.57. The molecule has 28 heavy (non-hydrogen) atoms. The van der Waals surface area contributed by atoms with Crippen LogP contribution in [0.15, 0.2) is 36.4 Å². The van der Waals surface area contributed by atoms with E-state index in [-0.39, 0.29) is 0 Å². The molecule has 3 rings (SSSR count). The molecule has 146 valence electrons. The van der Waals surface area contributed by atoms with Gasteiger partial charge in [0.2, 0.25) is 0 Å². The number of benzene rings is 3. The Bertz CT molecular complexity index is 850. The van der Waals surface area contributed by atoms with Crippen LogP contribution in [-0.4, -0.2) is 19.8 Å². The van der Waals surface area contributed by atoms with Gasteiger partial charge in [0.1, 0.15) is 0 Å². The van der Waals surface area contributed by atoms with Crippen molar-refractivity contribution in [2.24, 2.45) is 0 Å². The molecule has 0 nitrogen and oxygen atoms in total. The quantitative estimate of drug-likeness (QED) is 0.480. The van der Waals surface area contributed by atoms with E-state index in [2.05, 4.69) is 98.7 Å². The average molecular weight is 477 g/mol. The Balaban J connectivity index is 2.45. The van der Waals surface area contributed by atoms with Gasteiger partial charge in [-0.2, -0.15) is 0 Å². The van der Waals surface area contributed by atoms with Crippen LogP contribution in [0.2, 0.25) is 0 Å². The molecule has 1 heteroatoms. The van der Waals surface area contributed by atoms with Crippen LogP contribution >= 0.6 is 0 Å². The van der Waals surface area contributed by atoms with Crippen molar-refractivity contribution in [3.63, 3.8) is 0 Å². The Morgan fingerprint density at radius 3 is 0.714 bits per heavy atom. The summed E-state index contributed by atoms with van der Waals surface area (Å²) >= 11 is -2.57. The van der Waals surface area contributed by atoms with Gasteiger partial charge in [-0.05, 0) is 0 Å². The first kappa shape index (κ1) is 21.2. The molecule has 0 amide bonds. The van der Waals surface area contributed by atoms with E-state index in [0.29, 0.717) is 0 Å². The van der Waals surface area contributed by atoms with E-state index in [4.69, 9.17) is 0 Å². The minimum absolute atomic E-state index is 1.37. The van der Waals surface area contributed by atoms with Crippen LogP contribution in [-0.2, 0) is 0 Å². The maximum absolute atomic E-state index is 2.57. The van der Waals surface area contributed by atoms with Gasteiger partial charge in [0.05, 0.1) is 0 Å². The van der Waals surface area contributed by atoms with Crippen LogP contribution in [0.4, 0.5) is 0 Å². The number of aryl methyl sites for hydroxylation is 9. The first-order valence-electron chi connectivity index (χ1n) is 10.3. The van der Waals surface area contributed by atoms with Gasteiger partial charge in [0.25, 0.3) is 0 Å². The second-order valence-corrected chi connectivity index (χ2v) is 16.3. The summed E-state index contributed by atoms with van der Waals surface area (Å²) in [4.78, 5) is 0.